The third-order valence-electron chi connectivity index (χ3n) is 2.81. The maximum atomic E-state index is 12.6. The SMILES string of the molecule is COc1cc(Cl)ccc1C(=O)c1cc(Br)ccc1OC. The summed E-state index contributed by atoms with van der Waals surface area (Å²) in [5.41, 5.74) is 0.899. The van der Waals surface area contributed by atoms with E-state index in [4.69, 9.17) is 21.1 Å². The Morgan fingerprint density at radius 1 is 1.00 bits per heavy atom. The van der Waals surface area contributed by atoms with Gasteiger partial charge in [-0.15, -0.1) is 0 Å². The molecule has 0 fully saturated rings. The van der Waals surface area contributed by atoms with Crippen molar-refractivity contribution in [1.82, 2.24) is 0 Å². The van der Waals surface area contributed by atoms with E-state index in [2.05, 4.69) is 15.9 Å². The summed E-state index contributed by atoms with van der Waals surface area (Å²) in [5, 5.41) is 0.514. The molecular formula is C15H12BrClO3. The van der Waals surface area contributed by atoms with Gasteiger partial charge in [-0.25, -0.2) is 0 Å². The van der Waals surface area contributed by atoms with Crippen LogP contribution in [0.1, 0.15) is 15.9 Å². The predicted octanol–water partition coefficient (Wildman–Crippen LogP) is 4.35. The van der Waals surface area contributed by atoms with Crippen LogP contribution in [0.4, 0.5) is 0 Å². The number of carbonyl (C=O) groups excluding carboxylic acids is 1. The van der Waals surface area contributed by atoms with Gasteiger partial charge in [0.2, 0.25) is 5.78 Å². The third-order valence-corrected chi connectivity index (χ3v) is 3.54. The molecule has 0 saturated heterocycles. The van der Waals surface area contributed by atoms with Gasteiger partial charge in [0.25, 0.3) is 0 Å². The lowest BCUT2D eigenvalue weighted by Gasteiger charge is -2.11. The summed E-state index contributed by atoms with van der Waals surface area (Å²) in [6, 6.07) is 10.2. The average molecular weight is 356 g/mol. The minimum Gasteiger partial charge on any atom is -0.496 e. The molecule has 20 heavy (non-hydrogen) atoms. The smallest absolute Gasteiger partial charge is 0.200 e. The van der Waals surface area contributed by atoms with Crippen molar-refractivity contribution in [3.63, 3.8) is 0 Å². The summed E-state index contributed by atoms with van der Waals surface area (Å²) < 4.78 is 11.2. The Morgan fingerprint density at radius 3 is 2.35 bits per heavy atom. The molecule has 0 unspecified atom stereocenters. The highest BCUT2D eigenvalue weighted by Gasteiger charge is 2.19. The Labute approximate surface area is 130 Å². The molecule has 0 radical (unpaired) electrons. The first-order valence-electron chi connectivity index (χ1n) is 5.78. The van der Waals surface area contributed by atoms with E-state index >= 15 is 0 Å². The van der Waals surface area contributed by atoms with Crippen LogP contribution in [-0.2, 0) is 0 Å². The molecule has 0 aromatic heterocycles. The Bertz CT molecular complexity index is 656. The molecule has 0 heterocycles. The molecule has 5 heteroatoms. The normalized spacial score (nSPS) is 10.2. The van der Waals surface area contributed by atoms with Crippen LogP contribution in [0.15, 0.2) is 40.9 Å². The maximum Gasteiger partial charge on any atom is 0.200 e. The van der Waals surface area contributed by atoms with Gasteiger partial charge in [0.1, 0.15) is 11.5 Å². The van der Waals surface area contributed by atoms with Gasteiger partial charge in [-0.05, 0) is 36.4 Å². The van der Waals surface area contributed by atoms with E-state index in [1.165, 1.54) is 14.2 Å². The van der Waals surface area contributed by atoms with Crippen molar-refractivity contribution in [2.24, 2.45) is 0 Å². The monoisotopic (exact) mass is 354 g/mol. The first-order valence-corrected chi connectivity index (χ1v) is 6.95. The summed E-state index contributed by atoms with van der Waals surface area (Å²) in [6.45, 7) is 0. The van der Waals surface area contributed by atoms with Gasteiger partial charge in [0.05, 0.1) is 25.3 Å². The Hall–Kier alpha value is -1.52. The second kappa shape index (κ2) is 6.29. The Morgan fingerprint density at radius 2 is 1.70 bits per heavy atom. The number of rotatable bonds is 4. The van der Waals surface area contributed by atoms with E-state index < -0.39 is 0 Å². The van der Waals surface area contributed by atoms with Gasteiger partial charge in [-0.2, -0.15) is 0 Å². The van der Waals surface area contributed by atoms with E-state index in [9.17, 15) is 4.79 Å². The molecule has 2 aromatic carbocycles. The van der Waals surface area contributed by atoms with Gasteiger partial charge >= 0.3 is 0 Å². The van der Waals surface area contributed by atoms with Crippen LogP contribution in [0, 0.1) is 0 Å². The molecule has 0 amide bonds. The van der Waals surface area contributed by atoms with Crippen molar-refractivity contribution in [3.05, 3.63) is 57.0 Å². The lowest BCUT2D eigenvalue weighted by molar-refractivity contribution is 0.103. The molecule has 2 aromatic rings. The molecule has 0 bridgehead atoms. The molecule has 0 spiro atoms. The predicted molar refractivity (Wildman–Crippen MR) is 82.1 cm³/mol. The highest BCUT2D eigenvalue weighted by molar-refractivity contribution is 9.10. The van der Waals surface area contributed by atoms with Crippen LogP contribution in [0.25, 0.3) is 0 Å². The van der Waals surface area contributed by atoms with Crippen molar-refractivity contribution in [2.45, 2.75) is 0 Å². The van der Waals surface area contributed by atoms with Crippen LogP contribution >= 0.6 is 27.5 Å². The van der Waals surface area contributed by atoms with Crippen molar-refractivity contribution in [3.8, 4) is 11.5 Å². The number of benzene rings is 2. The molecule has 0 saturated carbocycles. The zero-order valence-electron chi connectivity index (χ0n) is 10.9. The molecule has 104 valence electrons. The van der Waals surface area contributed by atoms with E-state index in [0.717, 1.165) is 4.47 Å². The van der Waals surface area contributed by atoms with Crippen LogP contribution in [0.5, 0.6) is 11.5 Å². The summed E-state index contributed by atoms with van der Waals surface area (Å²) in [5.74, 6) is 0.761. The van der Waals surface area contributed by atoms with Crippen molar-refractivity contribution < 1.29 is 14.3 Å². The summed E-state index contributed by atoms with van der Waals surface area (Å²) in [7, 11) is 3.03. The minimum absolute atomic E-state index is 0.184. The number of methoxy groups -OCH3 is 2. The minimum atomic E-state index is -0.184. The Kier molecular flexibility index (Phi) is 4.68. The quantitative estimate of drug-likeness (QED) is 0.765. The van der Waals surface area contributed by atoms with Crippen molar-refractivity contribution in [1.29, 1.82) is 0 Å². The molecule has 0 aliphatic carbocycles. The first kappa shape index (κ1) is 14.9. The summed E-state index contributed by atoms with van der Waals surface area (Å²) >= 11 is 9.26. The van der Waals surface area contributed by atoms with E-state index in [-0.39, 0.29) is 5.78 Å². The number of halogens is 2. The van der Waals surface area contributed by atoms with Gasteiger partial charge in [0.15, 0.2) is 0 Å². The van der Waals surface area contributed by atoms with Gasteiger partial charge < -0.3 is 9.47 Å². The fraction of sp³-hybridized carbons (Fsp3) is 0.133. The van der Waals surface area contributed by atoms with Gasteiger partial charge in [-0.1, -0.05) is 27.5 Å². The largest absolute Gasteiger partial charge is 0.496 e. The number of hydrogen-bond acceptors (Lipinski definition) is 3. The third kappa shape index (κ3) is 2.97. The second-order valence-corrected chi connectivity index (χ2v) is 5.37. The standard InChI is InChI=1S/C15H12BrClO3/c1-19-13-6-3-9(16)7-12(13)15(18)11-5-4-10(17)8-14(11)20-2/h3-8H,1-2H3. The van der Waals surface area contributed by atoms with Crippen LogP contribution < -0.4 is 9.47 Å². The highest BCUT2D eigenvalue weighted by Crippen LogP contribution is 2.30. The molecule has 0 N–H and O–H groups in total. The fourth-order valence-corrected chi connectivity index (χ4v) is 2.38. The average Bonchev–Trinajstić information content (AvgIpc) is 2.46. The lowest BCUT2D eigenvalue weighted by Crippen LogP contribution is -2.06. The molecule has 2 rings (SSSR count). The second-order valence-electron chi connectivity index (χ2n) is 4.02. The molecule has 0 aliphatic rings. The molecule has 0 atom stereocenters. The number of ether oxygens (including phenoxy) is 2. The Balaban J connectivity index is 2.54. The van der Waals surface area contributed by atoms with Crippen LogP contribution in [0.2, 0.25) is 5.02 Å². The molecular weight excluding hydrogens is 344 g/mol. The van der Waals surface area contributed by atoms with E-state index in [0.29, 0.717) is 27.6 Å². The highest BCUT2D eigenvalue weighted by atomic mass is 79.9. The number of hydrogen-bond donors (Lipinski definition) is 0. The zero-order chi connectivity index (χ0) is 14.7. The zero-order valence-corrected chi connectivity index (χ0v) is 13.3. The van der Waals surface area contributed by atoms with Gasteiger partial charge in [-0.3, -0.25) is 4.79 Å². The maximum absolute atomic E-state index is 12.6. The topological polar surface area (TPSA) is 35.5 Å². The number of carbonyl (C=O) groups is 1. The van der Waals surface area contributed by atoms with Crippen molar-refractivity contribution in [2.75, 3.05) is 14.2 Å². The van der Waals surface area contributed by atoms with Crippen LogP contribution in [0.3, 0.4) is 0 Å². The first-order chi connectivity index (χ1) is 9.56. The van der Waals surface area contributed by atoms with E-state index in [1.54, 1.807) is 30.3 Å². The summed E-state index contributed by atoms with van der Waals surface area (Å²) in [4.78, 5) is 12.6. The molecule has 0 aliphatic heterocycles. The summed E-state index contributed by atoms with van der Waals surface area (Å²) in [6.07, 6.45) is 0. The van der Waals surface area contributed by atoms with Crippen molar-refractivity contribution >= 4 is 33.3 Å². The molecule has 3 nitrogen and oxygen atoms in total. The van der Waals surface area contributed by atoms with Gasteiger partial charge in [0, 0.05) is 9.50 Å². The number of ketones is 1. The fourth-order valence-electron chi connectivity index (χ4n) is 1.86. The van der Waals surface area contributed by atoms with E-state index in [1.807, 2.05) is 6.07 Å². The lowest BCUT2D eigenvalue weighted by atomic mass is 10.0. The van der Waals surface area contributed by atoms with Crippen LogP contribution in [-0.4, -0.2) is 20.0 Å².